The predicted octanol–water partition coefficient (Wildman–Crippen LogP) is 2.28. The number of fused-ring (bicyclic) bond motifs is 2. The van der Waals surface area contributed by atoms with Crippen LogP contribution in [-0.2, 0) is 6.54 Å². The molecule has 0 atom stereocenters. The van der Waals surface area contributed by atoms with Crippen molar-refractivity contribution in [1.82, 2.24) is 20.8 Å². The summed E-state index contributed by atoms with van der Waals surface area (Å²) in [6.07, 6.45) is 0. The molecule has 4 N–H and O–H groups in total. The number of amidine groups is 1. The third kappa shape index (κ3) is 4.41. The first-order valence-electron chi connectivity index (χ1n) is 9.15. The maximum absolute atomic E-state index is 12.4. The molecule has 0 unspecified atom stereocenters. The molecule has 1 aliphatic heterocycles. The van der Waals surface area contributed by atoms with Gasteiger partial charge in [0.1, 0.15) is 18.0 Å². The minimum absolute atomic E-state index is 0.0511. The number of para-hydroxylation sites is 1. The van der Waals surface area contributed by atoms with Crippen LogP contribution in [0.4, 0.5) is 5.69 Å². The maximum Gasteiger partial charge on any atom is 0.287 e. The second kappa shape index (κ2) is 8.98. The van der Waals surface area contributed by atoms with Crippen LogP contribution in [0.15, 0.2) is 52.3 Å². The molecule has 2 heterocycles. The number of rotatable bonds is 3. The van der Waals surface area contributed by atoms with Crippen molar-refractivity contribution in [3.05, 3.63) is 64.2 Å². The zero-order chi connectivity index (χ0) is 20.8. The summed E-state index contributed by atoms with van der Waals surface area (Å²) in [6, 6.07) is 12.1. The van der Waals surface area contributed by atoms with Gasteiger partial charge in [0.15, 0.2) is 11.7 Å². The van der Waals surface area contributed by atoms with E-state index in [1.807, 2.05) is 19.3 Å². The number of nitrogens with one attached hydrogen (secondary N) is 3. The first-order chi connectivity index (χ1) is 14.1. The monoisotopic (exact) mass is 395 g/mol. The molecule has 0 aliphatic carbocycles. The van der Waals surface area contributed by atoms with E-state index in [1.54, 1.807) is 42.5 Å². The van der Waals surface area contributed by atoms with E-state index < -0.39 is 5.91 Å². The SMILES string of the molecule is CC.O=C(NCc1ccc2c(c1)N=C(NO)CO2)c1nc2ccccc2c(=O)[nH]1. The van der Waals surface area contributed by atoms with Gasteiger partial charge in [-0.2, -0.15) is 0 Å². The summed E-state index contributed by atoms with van der Waals surface area (Å²) in [5.74, 6) is 0.337. The van der Waals surface area contributed by atoms with Crippen LogP contribution in [0.3, 0.4) is 0 Å². The van der Waals surface area contributed by atoms with Crippen molar-refractivity contribution in [1.29, 1.82) is 0 Å². The molecule has 0 saturated carbocycles. The normalized spacial score (nSPS) is 12.0. The number of carbonyl (C=O) groups excluding carboxylic acids is 1. The third-order valence-electron chi connectivity index (χ3n) is 4.05. The summed E-state index contributed by atoms with van der Waals surface area (Å²) in [5, 5.41) is 12.1. The van der Waals surface area contributed by atoms with E-state index in [0.717, 1.165) is 5.56 Å². The average molecular weight is 395 g/mol. The topological polar surface area (TPSA) is 129 Å². The quantitative estimate of drug-likeness (QED) is 0.504. The Bertz CT molecular complexity index is 1120. The highest BCUT2D eigenvalue weighted by molar-refractivity contribution is 5.92. The van der Waals surface area contributed by atoms with E-state index in [2.05, 4.69) is 20.3 Å². The number of benzene rings is 2. The Labute approximate surface area is 166 Å². The van der Waals surface area contributed by atoms with Crippen LogP contribution in [-0.4, -0.2) is 33.5 Å². The molecule has 0 bridgehead atoms. The van der Waals surface area contributed by atoms with Gasteiger partial charge in [0, 0.05) is 6.54 Å². The Morgan fingerprint density at radius 2 is 2.03 bits per heavy atom. The molecule has 0 spiro atoms. The maximum atomic E-state index is 12.4. The Hall–Kier alpha value is -3.72. The Morgan fingerprint density at radius 3 is 2.83 bits per heavy atom. The fraction of sp³-hybridized carbons (Fsp3) is 0.200. The molecule has 150 valence electrons. The fourth-order valence-electron chi connectivity index (χ4n) is 2.72. The van der Waals surface area contributed by atoms with Crippen molar-refractivity contribution in [2.75, 3.05) is 6.61 Å². The van der Waals surface area contributed by atoms with Crippen molar-refractivity contribution in [3.63, 3.8) is 0 Å². The van der Waals surface area contributed by atoms with E-state index in [4.69, 9.17) is 9.94 Å². The number of ether oxygens (including phenoxy) is 1. The number of aliphatic imine (C=N–C) groups is 1. The molecule has 0 saturated heterocycles. The van der Waals surface area contributed by atoms with Crippen molar-refractivity contribution in [2.24, 2.45) is 4.99 Å². The van der Waals surface area contributed by atoms with Crippen LogP contribution in [0.5, 0.6) is 5.75 Å². The molecule has 4 rings (SSSR count). The molecule has 1 aromatic heterocycles. The third-order valence-corrected chi connectivity index (χ3v) is 4.05. The number of hydroxylamine groups is 1. The molecular weight excluding hydrogens is 374 g/mol. The Morgan fingerprint density at radius 1 is 1.24 bits per heavy atom. The summed E-state index contributed by atoms with van der Waals surface area (Å²) in [6.45, 7) is 4.36. The number of amides is 1. The molecule has 9 heteroatoms. The lowest BCUT2D eigenvalue weighted by Gasteiger charge is -2.16. The lowest BCUT2D eigenvalue weighted by molar-refractivity contribution is 0.0940. The van der Waals surface area contributed by atoms with Crippen LogP contribution in [0, 0.1) is 0 Å². The van der Waals surface area contributed by atoms with Gasteiger partial charge in [0.05, 0.1) is 10.9 Å². The minimum atomic E-state index is -0.493. The highest BCUT2D eigenvalue weighted by atomic mass is 16.5. The van der Waals surface area contributed by atoms with Crippen LogP contribution in [0.25, 0.3) is 10.9 Å². The van der Waals surface area contributed by atoms with Crippen LogP contribution < -0.4 is 21.1 Å². The van der Waals surface area contributed by atoms with E-state index in [9.17, 15) is 9.59 Å². The van der Waals surface area contributed by atoms with Crippen LogP contribution in [0.1, 0.15) is 30.0 Å². The fourth-order valence-corrected chi connectivity index (χ4v) is 2.72. The summed E-state index contributed by atoms with van der Waals surface area (Å²) >= 11 is 0. The summed E-state index contributed by atoms with van der Waals surface area (Å²) in [4.78, 5) is 35.3. The van der Waals surface area contributed by atoms with E-state index >= 15 is 0 Å². The minimum Gasteiger partial charge on any atom is -0.483 e. The van der Waals surface area contributed by atoms with E-state index in [-0.39, 0.29) is 24.5 Å². The number of hydrogen-bond acceptors (Lipinski definition) is 7. The molecule has 2 aromatic carbocycles. The zero-order valence-electron chi connectivity index (χ0n) is 16.0. The van der Waals surface area contributed by atoms with Gasteiger partial charge in [0.2, 0.25) is 0 Å². The van der Waals surface area contributed by atoms with Crippen molar-refractivity contribution in [2.45, 2.75) is 20.4 Å². The second-order valence-electron chi connectivity index (χ2n) is 5.88. The largest absolute Gasteiger partial charge is 0.483 e. The number of aromatic amines is 1. The molecular formula is C20H21N5O4. The lowest BCUT2D eigenvalue weighted by atomic mass is 10.1. The van der Waals surface area contributed by atoms with Gasteiger partial charge in [-0.25, -0.2) is 9.98 Å². The molecule has 1 amide bonds. The first-order valence-corrected chi connectivity index (χ1v) is 9.15. The van der Waals surface area contributed by atoms with E-state index in [0.29, 0.717) is 28.2 Å². The Kier molecular flexibility index (Phi) is 6.20. The van der Waals surface area contributed by atoms with E-state index in [1.165, 1.54) is 0 Å². The van der Waals surface area contributed by atoms with Gasteiger partial charge >= 0.3 is 0 Å². The predicted molar refractivity (Wildman–Crippen MR) is 109 cm³/mol. The van der Waals surface area contributed by atoms with Crippen molar-refractivity contribution < 1.29 is 14.7 Å². The summed E-state index contributed by atoms with van der Waals surface area (Å²) in [7, 11) is 0. The smallest absolute Gasteiger partial charge is 0.287 e. The lowest BCUT2D eigenvalue weighted by Crippen LogP contribution is -2.28. The van der Waals surface area contributed by atoms with Crippen LogP contribution >= 0.6 is 0 Å². The van der Waals surface area contributed by atoms with Gasteiger partial charge in [-0.05, 0) is 29.8 Å². The van der Waals surface area contributed by atoms with Gasteiger partial charge < -0.3 is 15.0 Å². The van der Waals surface area contributed by atoms with Gasteiger partial charge in [-0.15, -0.1) is 0 Å². The van der Waals surface area contributed by atoms with Gasteiger partial charge in [0.25, 0.3) is 11.5 Å². The number of nitrogens with zero attached hydrogens (tertiary/aromatic N) is 2. The highest BCUT2D eigenvalue weighted by Crippen LogP contribution is 2.31. The molecule has 0 fully saturated rings. The standard InChI is InChI=1S/C18H15N5O4.C2H6/c24-17-11-3-1-2-4-12(11)21-16(22-17)18(25)19-8-10-5-6-14-13(7-10)20-15(23-26)9-27-14;1-2/h1-7,26H,8-9H2,(H,19,25)(H,20,23)(H,21,22,24);1-2H3. The van der Waals surface area contributed by atoms with Crippen molar-refractivity contribution in [3.8, 4) is 5.75 Å². The average Bonchev–Trinajstić information content (AvgIpc) is 2.78. The summed E-state index contributed by atoms with van der Waals surface area (Å²) < 4.78 is 5.44. The molecule has 1 aliphatic rings. The number of hydrogen-bond donors (Lipinski definition) is 4. The number of carbonyl (C=O) groups is 1. The molecule has 29 heavy (non-hydrogen) atoms. The van der Waals surface area contributed by atoms with Crippen molar-refractivity contribution >= 4 is 28.3 Å². The molecule has 0 radical (unpaired) electrons. The van der Waals surface area contributed by atoms with Crippen LogP contribution in [0.2, 0.25) is 0 Å². The summed E-state index contributed by atoms with van der Waals surface area (Å²) in [5.41, 5.74) is 3.38. The number of aromatic nitrogens is 2. The molecule has 3 aromatic rings. The Balaban J connectivity index is 0.00000117. The first kappa shape index (κ1) is 20.0. The second-order valence-corrected chi connectivity index (χ2v) is 5.88. The zero-order valence-corrected chi connectivity index (χ0v) is 16.0. The highest BCUT2D eigenvalue weighted by Gasteiger charge is 2.14. The number of H-pyrrole nitrogens is 1. The molecule has 9 nitrogen and oxygen atoms in total. The van der Waals surface area contributed by atoms with Gasteiger partial charge in [-0.3, -0.25) is 20.3 Å². The van der Waals surface area contributed by atoms with Gasteiger partial charge in [-0.1, -0.05) is 32.0 Å².